The SMILES string of the molecule is CCCCCC[N+](C)(C)c1ccccc1.[OH-]. The molecule has 1 aromatic rings. The fourth-order valence-corrected chi connectivity index (χ4v) is 1.89. The van der Waals surface area contributed by atoms with Gasteiger partial charge in [-0.25, -0.2) is 0 Å². The van der Waals surface area contributed by atoms with Crippen LogP contribution >= 0.6 is 0 Å². The van der Waals surface area contributed by atoms with Gasteiger partial charge in [0.05, 0.1) is 20.6 Å². The smallest absolute Gasteiger partial charge is 0.132 e. The maximum atomic E-state index is 2.29. The second-order valence-electron chi connectivity index (χ2n) is 4.80. The molecule has 2 heteroatoms. The Morgan fingerprint density at radius 3 is 2.12 bits per heavy atom. The van der Waals surface area contributed by atoms with Crippen molar-refractivity contribution in [3.05, 3.63) is 30.3 Å². The first-order valence-corrected chi connectivity index (χ1v) is 6.05. The molecule has 0 aliphatic rings. The molecular weight excluding hydrogens is 198 g/mol. The summed E-state index contributed by atoms with van der Waals surface area (Å²) < 4.78 is 1.00. The van der Waals surface area contributed by atoms with Gasteiger partial charge < -0.3 is 5.48 Å². The van der Waals surface area contributed by atoms with Gasteiger partial charge in [0.15, 0.2) is 0 Å². The van der Waals surface area contributed by atoms with E-state index in [0.29, 0.717) is 0 Å². The molecule has 0 atom stereocenters. The van der Waals surface area contributed by atoms with E-state index in [1.54, 1.807) is 0 Å². The van der Waals surface area contributed by atoms with E-state index in [1.807, 2.05) is 0 Å². The minimum absolute atomic E-state index is 0. The van der Waals surface area contributed by atoms with E-state index in [1.165, 1.54) is 37.9 Å². The molecule has 1 rings (SSSR count). The molecule has 1 N–H and O–H groups in total. The van der Waals surface area contributed by atoms with Crippen molar-refractivity contribution in [3.8, 4) is 0 Å². The Labute approximate surface area is 99.8 Å². The Morgan fingerprint density at radius 1 is 0.938 bits per heavy atom. The standard InChI is InChI=1S/C14H24N.H2O/c1-4-5-6-10-13-15(2,3)14-11-8-7-9-12-14;/h7-9,11-12H,4-6,10,13H2,1-3H3;1H2/q+1;/p-1. The van der Waals surface area contributed by atoms with E-state index in [4.69, 9.17) is 0 Å². The molecule has 0 saturated carbocycles. The molecule has 2 nitrogen and oxygen atoms in total. The number of hydrogen-bond acceptors (Lipinski definition) is 1. The van der Waals surface area contributed by atoms with E-state index in [-0.39, 0.29) is 5.48 Å². The summed E-state index contributed by atoms with van der Waals surface area (Å²) in [7, 11) is 4.59. The molecule has 16 heavy (non-hydrogen) atoms. The van der Waals surface area contributed by atoms with E-state index >= 15 is 0 Å². The monoisotopic (exact) mass is 223 g/mol. The molecule has 0 saturated heterocycles. The lowest BCUT2D eigenvalue weighted by Gasteiger charge is -2.29. The number of rotatable bonds is 6. The Morgan fingerprint density at radius 2 is 1.56 bits per heavy atom. The van der Waals surface area contributed by atoms with Gasteiger partial charge in [0, 0.05) is 0 Å². The summed E-state index contributed by atoms with van der Waals surface area (Å²) >= 11 is 0. The first-order valence-electron chi connectivity index (χ1n) is 6.05. The predicted octanol–water partition coefficient (Wildman–Crippen LogP) is 3.66. The molecule has 0 spiro atoms. The highest BCUT2D eigenvalue weighted by molar-refractivity contribution is 5.40. The average Bonchev–Trinajstić information content (AvgIpc) is 2.26. The minimum Gasteiger partial charge on any atom is -0.870 e. The second-order valence-corrected chi connectivity index (χ2v) is 4.80. The van der Waals surface area contributed by atoms with Crippen LogP contribution in [0, 0.1) is 0 Å². The van der Waals surface area contributed by atoms with Crippen molar-refractivity contribution in [2.75, 3.05) is 20.6 Å². The summed E-state index contributed by atoms with van der Waals surface area (Å²) in [6, 6.07) is 10.8. The van der Waals surface area contributed by atoms with Gasteiger partial charge in [0.25, 0.3) is 0 Å². The number of hydrogen-bond donors (Lipinski definition) is 0. The molecule has 0 unspecified atom stereocenters. The molecule has 0 aromatic heterocycles. The Balaban J connectivity index is 0.00000225. The summed E-state index contributed by atoms with van der Waals surface area (Å²) in [5.74, 6) is 0. The zero-order chi connectivity index (χ0) is 11.1. The van der Waals surface area contributed by atoms with Gasteiger partial charge in [-0.2, -0.15) is 0 Å². The van der Waals surface area contributed by atoms with Gasteiger partial charge in [-0.05, 0) is 25.0 Å². The molecule has 1 aromatic carbocycles. The zero-order valence-corrected chi connectivity index (χ0v) is 10.8. The summed E-state index contributed by atoms with van der Waals surface area (Å²) in [6.07, 6.45) is 5.38. The molecular formula is C14H25NO. The Hall–Kier alpha value is -0.860. The number of quaternary nitrogens is 1. The van der Waals surface area contributed by atoms with Gasteiger partial charge in [0.1, 0.15) is 5.69 Å². The van der Waals surface area contributed by atoms with Crippen LogP contribution in [0.1, 0.15) is 32.6 Å². The van der Waals surface area contributed by atoms with E-state index < -0.39 is 0 Å². The average molecular weight is 223 g/mol. The van der Waals surface area contributed by atoms with Crippen molar-refractivity contribution in [2.45, 2.75) is 32.6 Å². The Kier molecular flexibility index (Phi) is 7.02. The lowest BCUT2D eigenvalue weighted by Crippen LogP contribution is -2.41. The van der Waals surface area contributed by atoms with Crippen molar-refractivity contribution in [1.29, 1.82) is 0 Å². The molecule has 0 heterocycles. The first-order chi connectivity index (χ1) is 7.17. The summed E-state index contributed by atoms with van der Waals surface area (Å²) in [5.41, 5.74) is 1.41. The van der Waals surface area contributed by atoms with Crippen LogP contribution in [0.2, 0.25) is 0 Å². The molecule has 0 aliphatic carbocycles. The van der Waals surface area contributed by atoms with E-state index in [2.05, 4.69) is 51.4 Å². The molecule has 0 radical (unpaired) electrons. The quantitative estimate of drug-likeness (QED) is 0.534. The maximum absolute atomic E-state index is 2.29. The lowest BCUT2D eigenvalue weighted by atomic mass is 10.2. The third-order valence-corrected chi connectivity index (χ3v) is 3.03. The third kappa shape index (κ3) is 4.77. The highest BCUT2D eigenvalue weighted by atomic mass is 16.0. The van der Waals surface area contributed by atoms with Gasteiger partial charge in [0.2, 0.25) is 0 Å². The maximum Gasteiger partial charge on any atom is 0.132 e. The number of benzene rings is 1. The van der Waals surface area contributed by atoms with Gasteiger partial charge in [-0.1, -0.05) is 38.0 Å². The summed E-state index contributed by atoms with van der Waals surface area (Å²) in [6.45, 7) is 3.50. The minimum atomic E-state index is 0. The van der Waals surface area contributed by atoms with Crippen LogP contribution in [0.5, 0.6) is 0 Å². The van der Waals surface area contributed by atoms with Crippen molar-refractivity contribution < 1.29 is 5.48 Å². The number of unbranched alkanes of at least 4 members (excludes halogenated alkanes) is 3. The van der Waals surface area contributed by atoms with Crippen molar-refractivity contribution in [3.63, 3.8) is 0 Å². The second kappa shape index (κ2) is 7.42. The fourth-order valence-electron chi connectivity index (χ4n) is 1.89. The number of para-hydroxylation sites is 1. The van der Waals surface area contributed by atoms with Crippen LogP contribution in [0.3, 0.4) is 0 Å². The molecule has 0 amide bonds. The largest absolute Gasteiger partial charge is 0.870 e. The molecule has 0 aliphatic heterocycles. The first kappa shape index (κ1) is 15.1. The van der Waals surface area contributed by atoms with Crippen LogP contribution in [0.25, 0.3) is 0 Å². The highest BCUT2D eigenvalue weighted by Crippen LogP contribution is 2.18. The fraction of sp³-hybridized carbons (Fsp3) is 0.571. The summed E-state index contributed by atoms with van der Waals surface area (Å²) in [5, 5.41) is 0. The third-order valence-electron chi connectivity index (χ3n) is 3.03. The van der Waals surface area contributed by atoms with Crippen molar-refractivity contribution in [2.24, 2.45) is 0 Å². The van der Waals surface area contributed by atoms with Crippen molar-refractivity contribution >= 4 is 5.69 Å². The van der Waals surface area contributed by atoms with Crippen LogP contribution in [0.4, 0.5) is 5.69 Å². The lowest BCUT2D eigenvalue weighted by molar-refractivity contribution is 0.382. The molecule has 0 fully saturated rings. The zero-order valence-electron chi connectivity index (χ0n) is 10.8. The predicted molar refractivity (Wildman–Crippen MR) is 71.0 cm³/mol. The highest BCUT2D eigenvalue weighted by Gasteiger charge is 2.16. The number of nitrogens with zero attached hydrogens (tertiary/aromatic N) is 1. The molecule has 92 valence electrons. The van der Waals surface area contributed by atoms with Gasteiger partial charge in [-0.3, -0.25) is 4.48 Å². The summed E-state index contributed by atoms with van der Waals surface area (Å²) in [4.78, 5) is 0. The van der Waals surface area contributed by atoms with Crippen LogP contribution in [-0.2, 0) is 0 Å². The van der Waals surface area contributed by atoms with Crippen LogP contribution in [-0.4, -0.2) is 26.1 Å². The molecule has 0 bridgehead atoms. The Bertz CT molecular complexity index is 269. The van der Waals surface area contributed by atoms with Crippen LogP contribution < -0.4 is 4.48 Å². The van der Waals surface area contributed by atoms with E-state index in [9.17, 15) is 0 Å². The van der Waals surface area contributed by atoms with Crippen molar-refractivity contribution in [1.82, 2.24) is 4.48 Å². The van der Waals surface area contributed by atoms with Gasteiger partial charge >= 0.3 is 0 Å². The topological polar surface area (TPSA) is 30.0 Å². The van der Waals surface area contributed by atoms with Crippen LogP contribution in [0.15, 0.2) is 30.3 Å². The van der Waals surface area contributed by atoms with Gasteiger partial charge in [-0.15, -0.1) is 0 Å². The van der Waals surface area contributed by atoms with E-state index in [0.717, 1.165) is 4.48 Å². The normalized spacial score (nSPS) is 10.9.